The van der Waals surface area contributed by atoms with Gasteiger partial charge >= 0.3 is 11.9 Å². The second-order valence-electron chi connectivity index (χ2n) is 4.26. The van der Waals surface area contributed by atoms with Crippen molar-refractivity contribution in [2.45, 2.75) is 39.0 Å². The van der Waals surface area contributed by atoms with E-state index in [9.17, 15) is 9.59 Å². The largest absolute Gasteiger partial charge is 0.481 e. The number of carboxylic acid groups (broad SMARTS) is 2. The third-order valence-corrected chi connectivity index (χ3v) is 3.31. The molecule has 80 valence electrons. The summed E-state index contributed by atoms with van der Waals surface area (Å²) in [5, 5.41) is 17.8. The van der Waals surface area contributed by atoms with E-state index in [1.807, 2.05) is 0 Å². The molecular formula is C10H16O4. The highest BCUT2D eigenvalue weighted by atomic mass is 16.4. The van der Waals surface area contributed by atoms with Gasteiger partial charge in [0.1, 0.15) is 0 Å². The first-order valence-electron chi connectivity index (χ1n) is 4.92. The fourth-order valence-corrected chi connectivity index (χ4v) is 2.23. The monoisotopic (exact) mass is 200 g/mol. The molecule has 0 amide bonds. The summed E-state index contributed by atoms with van der Waals surface area (Å²) in [6.45, 7) is 1.67. The van der Waals surface area contributed by atoms with Gasteiger partial charge in [0.25, 0.3) is 0 Å². The van der Waals surface area contributed by atoms with Crippen molar-refractivity contribution in [1.29, 1.82) is 0 Å². The maximum absolute atomic E-state index is 11.1. The molecule has 1 aliphatic carbocycles. The van der Waals surface area contributed by atoms with Gasteiger partial charge in [0.05, 0.1) is 5.41 Å². The van der Waals surface area contributed by atoms with Gasteiger partial charge in [-0.15, -0.1) is 0 Å². The Hall–Kier alpha value is -1.06. The zero-order valence-electron chi connectivity index (χ0n) is 8.32. The number of carbonyl (C=O) groups is 2. The quantitative estimate of drug-likeness (QED) is 0.727. The SMILES string of the molecule is C[C@]1(C(=O)O)CCCC[C@H]1CC(=O)O. The Bertz CT molecular complexity index is 249. The van der Waals surface area contributed by atoms with Crippen LogP contribution in [0.25, 0.3) is 0 Å². The molecule has 0 unspecified atom stereocenters. The third kappa shape index (κ3) is 2.05. The average molecular weight is 200 g/mol. The van der Waals surface area contributed by atoms with E-state index in [2.05, 4.69) is 0 Å². The Morgan fingerprint density at radius 2 is 2.00 bits per heavy atom. The zero-order valence-corrected chi connectivity index (χ0v) is 8.32. The van der Waals surface area contributed by atoms with E-state index in [0.29, 0.717) is 6.42 Å². The Morgan fingerprint density at radius 1 is 1.36 bits per heavy atom. The van der Waals surface area contributed by atoms with Crippen molar-refractivity contribution in [1.82, 2.24) is 0 Å². The molecular weight excluding hydrogens is 184 g/mol. The van der Waals surface area contributed by atoms with E-state index in [1.54, 1.807) is 6.92 Å². The number of aliphatic carboxylic acids is 2. The second kappa shape index (κ2) is 3.98. The average Bonchev–Trinajstić information content (AvgIpc) is 2.08. The van der Waals surface area contributed by atoms with Crippen molar-refractivity contribution in [2.75, 3.05) is 0 Å². The van der Waals surface area contributed by atoms with Crippen molar-refractivity contribution >= 4 is 11.9 Å². The van der Waals surface area contributed by atoms with Crippen LogP contribution in [0.3, 0.4) is 0 Å². The van der Waals surface area contributed by atoms with Crippen molar-refractivity contribution < 1.29 is 19.8 Å². The lowest BCUT2D eigenvalue weighted by atomic mass is 9.66. The summed E-state index contributed by atoms with van der Waals surface area (Å²) in [7, 11) is 0. The maximum atomic E-state index is 11.1. The molecule has 4 nitrogen and oxygen atoms in total. The Morgan fingerprint density at radius 3 is 2.50 bits per heavy atom. The fourth-order valence-electron chi connectivity index (χ4n) is 2.23. The highest BCUT2D eigenvalue weighted by molar-refractivity contribution is 5.76. The fraction of sp³-hybridized carbons (Fsp3) is 0.800. The standard InChI is InChI=1S/C10H16O4/c1-10(9(13)14)5-3-2-4-7(10)6-8(11)12/h7H,2-6H2,1H3,(H,11,12)(H,13,14)/t7-,10-/m0/s1. The van der Waals surface area contributed by atoms with Gasteiger partial charge in [-0.05, 0) is 25.7 Å². The minimum Gasteiger partial charge on any atom is -0.481 e. The van der Waals surface area contributed by atoms with Crippen LogP contribution in [0, 0.1) is 11.3 Å². The van der Waals surface area contributed by atoms with Gasteiger partial charge in [-0.1, -0.05) is 12.8 Å². The molecule has 1 rings (SSSR count). The molecule has 0 aromatic carbocycles. The number of hydrogen-bond acceptors (Lipinski definition) is 2. The van der Waals surface area contributed by atoms with Gasteiger partial charge in [-0.25, -0.2) is 0 Å². The molecule has 0 saturated heterocycles. The van der Waals surface area contributed by atoms with E-state index in [-0.39, 0.29) is 12.3 Å². The van der Waals surface area contributed by atoms with Crippen LogP contribution in [-0.4, -0.2) is 22.2 Å². The Balaban J connectivity index is 2.77. The summed E-state index contributed by atoms with van der Waals surface area (Å²) < 4.78 is 0. The van der Waals surface area contributed by atoms with Crippen molar-refractivity contribution in [2.24, 2.45) is 11.3 Å². The summed E-state index contributed by atoms with van der Waals surface area (Å²) in [5.41, 5.74) is -0.837. The molecule has 1 aliphatic rings. The van der Waals surface area contributed by atoms with Gasteiger partial charge < -0.3 is 10.2 Å². The lowest BCUT2D eigenvalue weighted by molar-refractivity contribution is -0.155. The molecule has 2 atom stereocenters. The predicted octanol–water partition coefficient (Wildman–Crippen LogP) is 1.74. The first-order chi connectivity index (χ1) is 6.47. The Labute approximate surface area is 82.9 Å². The highest BCUT2D eigenvalue weighted by Gasteiger charge is 2.43. The molecule has 0 heterocycles. The smallest absolute Gasteiger partial charge is 0.309 e. The van der Waals surface area contributed by atoms with Gasteiger partial charge in [0, 0.05) is 6.42 Å². The number of hydrogen-bond donors (Lipinski definition) is 2. The van der Waals surface area contributed by atoms with Crippen LogP contribution in [-0.2, 0) is 9.59 Å². The molecule has 4 heteroatoms. The summed E-state index contributed by atoms with van der Waals surface area (Å²) in [4.78, 5) is 21.7. The molecule has 0 bridgehead atoms. The van der Waals surface area contributed by atoms with E-state index in [1.165, 1.54) is 0 Å². The summed E-state index contributed by atoms with van der Waals surface area (Å²) in [6.07, 6.45) is 3.12. The van der Waals surface area contributed by atoms with Crippen LogP contribution < -0.4 is 0 Å². The highest BCUT2D eigenvalue weighted by Crippen LogP contribution is 2.42. The maximum Gasteiger partial charge on any atom is 0.309 e. The molecule has 0 radical (unpaired) electrons. The van der Waals surface area contributed by atoms with E-state index < -0.39 is 17.4 Å². The molecule has 2 N–H and O–H groups in total. The molecule has 0 aromatic rings. The van der Waals surface area contributed by atoms with Crippen molar-refractivity contribution in [3.05, 3.63) is 0 Å². The van der Waals surface area contributed by atoms with Crippen molar-refractivity contribution in [3.8, 4) is 0 Å². The molecule has 0 spiro atoms. The van der Waals surface area contributed by atoms with Crippen LogP contribution in [0.4, 0.5) is 0 Å². The molecule has 1 fully saturated rings. The first kappa shape index (κ1) is 11.0. The van der Waals surface area contributed by atoms with Crippen LogP contribution in [0.5, 0.6) is 0 Å². The van der Waals surface area contributed by atoms with E-state index in [0.717, 1.165) is 19.3 Å². The minimum absolute atomic E-state index is 0.0250. The summed E-state index contributed by atoms with van der Waals surface area (Å²) in [6, 6.07) is 0. The van der Waals surface area contributed by atoms with E-state index in [4.69, 9.17) is 10.2 Å². The van der Waals surface area contributed by atoms with Crippen molar-refractivity contribution in [3.63, 3.8) is 0 Å². The predicted molar refractivity (Wildman–Crippen MR) is 50.0 cm³/mol. The number of rotatable bonds is 3. The van der Waals surface area contributed by atoms with Crippen LogP contribution in [0.15, 0.2) is 0 Å². The second-order valence-corrected chi connectivity index (χ2v) is 4.26. The van der Waals surface area contributed by atoms with Gasteiger partial charge in [0.15, 0.2) is 0 Å². The minimum atomic E-state index is -0.899. The molecule has 0 aliphatic heterocycles. The number of carboxylic acids is 2. The van der Waals surface area contributed by atoms with Crippen LogP contribution >= 0.6 is 0 Å². The molecule has 14 heavy (non-hydrogen) atoms. The van der Waals surface area contributed by atoms with Gasteiger partial charge in [0.2, 0.25) is 0 Å². The van der Waals surface area contributed by atoms with Crippen LogP contribution in [0.1, 0.15) is 39.0 Å². The lowest BCUT2D eigenvalue weighted by Crippen LogP contribution is -2.39. The molecule has 1 saturated carbocycles. The van der Waals surface area contributed by atoms with Gasteiger partial charge in [-0.2, -0.15) is 0 Å². The first-order valence-corrected chi connectivity index (χ1v) is 4.92. The zero-order chi connectivity index (χ0) is 10.8. The third-order valence-electron chi connectivity index (χ3n) is 3.31. The Kier molecular flexibility index (Phi) is 3.13. The lowest BCUT2D eigenvalue weighted by Gasteiger charge is -2.37. The topological polar surface area (TPSA) is 74.6 Å². The summed E-state index contributed by atoms with van der Waals surface area (Å²) >= 11 is 0. The normalized spacial score (nSPS) is 32.5. The van der Waals surface area contributed by atoms with Crippen LogP contribution in [0.2, 0.25) is 0 Å². The molecule has 0 aromatic heterocycles. The summed E-state index contributed by atoms with van der Waals surface area (Å²) in [5.74, 6) is -1.97. The van der Waals surface area contributed by atoms with E-state index >= 15 is 0 Å². The van der Waals surface area contributed by atoms with Gasteiger partial charge in [-0.3, -0.25) is 9.59 Å².